The number of aryl methyl sites for hydroxylation is 1. The highest BCUT2D eigenvalue weighted by atomic mass is 35.5. The van der Waals surface area contributed by atoms with Gasteiger partial charge in [0.15, 0.2) is 0 Å². The van der Waals surface area contributed by atoms with Crippen LogP contribution in [0.4, 0.5) is 0 Å². The van der Waals surface area contributed by atoms with E-state index in [0.717, 1.165) is 29.8 Å². The Morgan fingerprint density at radius 2 is 1.91 bits per heavy atom. The van der Waals surface area contributed by atoms with Crippen LogP contribution in [-0.2, 0) is 16.4 Å². The van der Waals surface area contributed by atoms with Gasteiger partial charge in [0.05, 0.1) is 25.7 Å². The third-order valence-electron chi connectivity index (χ3n) is 6.54. The molecule has 33 heavy (non-hydrogen) atoms. The minimum absolute atomic E-state index is 0.0323. The summed E-state index contributed by atoms with van der Waals surface area (Å²) in [6.45, 7) is 3.06. The number of sulfone groups is 1. The van der Waals surface area contributed by atoms with E-state index in [1.54, 1.807) is 12.1 Å². The summed E-state index contributed by atoms with van der Waals surface area (Å²) in [4.78, 5) is 26.3. The number of aromatic amines is 1. The third-order valence-corrected chi connectivity index (χ3v) is 8.65. The number of hydrogen-bond acceptors (Lipinski definition) is 5. The molecule has 2 heterocycles. The molecule has 0 amide bonds. The number of halogens is 1. The Morgan fingerprint density at radius 1 is 1.15 bits per heavy atom. The molecule has 4 aromatic rings. The zero-order valence-corrected chi connectivity index (χ0v) is 19.4. The zero-order chi connectivity index (χ0) is 23.5. The molecule has 1 saturated carbocycles. The SMILES string of the molecule is CC1CC(CCn2ccc3ccc(S(=O)(=O)c4ccc(Cl)c5c(=O)n(O)c(=O)[nH]c45)cc32)C1. The molecule has 0 bridgehead atoms. The second-order valence-electron chi connectivity index (χ2n) is 8.81. The Balaban J connectivity index is 1.60. The van der Waals surface area contributed by atoms with Crippen LogP contribution in [0, 0.1) is 11.8 Å². The second-order valence-corrected chi connectivity index (χ2v) is 11.1. The monoisotopic (exact) mass is 487 g/mol. The summed E-state index contributed by atoms with van der Waals surface area (Å²) in [5.74, 6) is 1.49. The number of nitrogens with one attached hydrogen (secondary N) is 1. The maximum atomic E-state index is 13.6. The van der Waals surface area contributed by atoms with E-state index in [9.17, 15) is 23.2 Å². The first-order chi connectivity index (χ1) is 15.7. The number of hydrogen-bond donors (Lipinski definition) is 2. The lowest BCUT2D eigenvalue weighted by molar-refractivity contribution is 0.162. The highest BCUT2D eigenvalue weighted by molar-refractivity contribution is 7.91. The quantitative estimate of drug-likeness (QED) is 0.415. The van der Waals surface area contributed by atoms with Crippen molar-refractivity contribution >= 4 is 43.2 Å². The van der Waals surface area contributed by atoms with Crippen molar-refractivity contribution in [2.24, 2.45) is 11.8 Å². The van der Waals surface area contributed by atoms with Crippen LogP contribution in [0.1, 0.15) is 26.2 Å². The van der Waals surface area contributed by atoms with E-state index in [0.29, 0.717) is 5.92 Å². The van der Waals surface area contributed by atoms with Gasteiger partial charge >= 0.3 is 5.69 Å². The molecule has 1 aliphatic carbocycles. The van der Waals surface area contributed by atoms with Gasteiger partial charge in [-0.05, 0) is 66.8 Å². The van der Waals surface area contributed by atoms with Crippen LogP contribution < -0.4 is 11.2 Å². The molecule has 0 saturated heterocycles. The molecule has 2 N–H and O–H groups in total. The van der Waals surface area contributed by atoms with E-state index in [-0.39, 0.29) is 30.4 Å². The van der Waals surface area contributed by atoms with Crippen molar-refractivity contribution < 1.29 is 13.6 Å². The third kappa shape index (κ3) is 3.55. The van der Waals surface area contributed by atoms with Crippen molar-refractivity contribution in [2.45, 2.75) is 42.5 Å². The molecule has 0 unspecified atom stereocenters. The van der Waals surface area contributed by atoms with Gasteiger partial charge in [0.1, 0.15) is 0 Å². The summed E-state index contributed by atoms with van der Waals surface area (Å²) >= 11 is 6.08. The highest BCUT2D eigenvalue weighted by Crippen LogP contribution is 2.36. The van der Waals surface area contributed by atoms with Gasteiger partial charge in [-0.3, -0.25) is 4.79 Å². The lowest BCUT2D eigenvalue weighted by atomic mass is 9.74. The van der Waals surface area contributed by atoms with Gasteiger partial charge in [0.2, 0.25) is 9.84 Å². The lowest BCUT2D eigenvalue weighted by Gasteiger charge is -2.32. The molecule has 10 heteroatoms. The maximum Gasteiger partial charge on any atom is 0.362 e. The second kappa shape index (κ2) is 7.78. The number of aromatic nitrogens is 3. The summed E-state index contributed by atoms with van der Waals surface area (Å²) in [7, 11) is -4.12. The van der Waals surface area contributed by atoms with Crippen molar-refractivity contribution in [2.75, 3.05) is 0 Å². The molecule has 8 nitrogen and oxygen atoms in total. The van der Waals surface area contributed by atoms with Crippen molar-refractivity contribution in [1.82, 2.24) is 14.3 Å². The maximum absolute atomic E-state index is 13.6. The standard InChI is InChI=1S/C23H22ClN3O5S/c1-13-10-14(11-13)6-8-26-9-7-15-2-3-16(12-18(15)26)33(31,32)19-5-4-17(24)20-21(19)25-23(29)27(30)22(20)28/h2-5,7,9,12-14,30H,6,8,10-11H2,1H3,(H,25,29). The van der Waals surface area contributed by atoms with Gasteiger partial charge in [-0.15, -0.1) is 0 Å². The predicted octanol–water partition coefficient (Wildman–Crippen LogP) is 3.80. The van der Waals surface area contributed by atoms with Crippen LogP contribution in [0.2, 0.25) is 5.02 Å². The van der Waals surface area contributed by atoms with Gasteiger partial charge in [-0.25, -0.2) is 13.2 Å². The smallest absolute Gasteiger partial charge is 0.362 e. The van der Waals surface area contributed by atoms with E-state index < -0.39 is 21.1 Å². The molecule has 2 aromatic carbocycles. The van der Waals surface area contributed by atoms with Crippen LogP contribution in [0.3, 0.4) is 0 Å². The van der Waals surface area contributed by atoms with E-state index >= 15 is 0 Å². The van der Waals surface area contributed by atoms with Crippen molar-refractivity contribution in [3.05, 3.63) is 68.5 Å². The first-order valence-corrected chi connectivity index (χ1v) is 12.5. The molecule has 0 atom stereocenters. The zero-order valence-electron chi connectivity index (χ0n) is 17.8. The molecule has 5 rings (SSSR count). The van der Waals surface area contributed by atoms with Gasteiger partial charge in [-0.2, -0.15) is 0 Å². The predicted molar refractivity (Wildman–Crippen MR) is 125 cm³/mol. The van der Waals surface area contributed by atoms with Crippen LogP contribution >= 0.6 is 11.6 Å². The Morgan fingerprint density at radius 3 is 2.64 bits per heavy atom. The highest BCUT2D eigenvalue weighted by Gasteiger charge is 2.26. The van der Waals surface area contributed by atoms with E-state index in [2.05, 4.69) is 16.5 Å². The summed E-state index contributed by atoms with van der Waals surface area (Å²) in [5.41, 5.74) is -1.68. The number of nitrogens with zero attached hydrogens (tertiary/aromatic N) is 2. The number of H-pyrrole nitrogens is 1. The molecule has 0 radical (unpaired) electrons. The van der Waals surface area contributed by atoms with Gasteiger partial charge in [0.25, 0.3) is 5.56 Å². The van der Waals surface area contributed by atoms with Gasteiger partial charge in [-0.1, -0.05) is 29.3 Å². The molecular formula is C23H22ClN3O5S. The first kappa shape index (κ1) is 21.8. The molecule has 0 aliphatic heterocycles. The minimum Gasteiger partial charge on any atom is -0.421 e. The van der Waals surface area contributed by atoms with Gasteiger partial charge in [0, 0.05) is 18.3 Å². The topological polar surface area (TPSA) is 114 Å². The van der Waals surface area contributed by atoms with Crippen molar-refractivity contribution in [1.29, 1.82) is 0 Å². The van der Waals surface area contributed by atoms with Crippen LogP contribution in [0.15, 0.2) is 62.0 Å². The fraction of sp³-hybridized carbons (Fsp3) is 0.304. The number of benzene rings is 2. The normalized spacial score (nSPS) is 18.6. The van der Waals surface area contributed by atoms with Crippen molar-refractivity contribution in [3.63, 3.8) is 0 Å². The summed E-state index contributed by atoms with van der Waals surface area (Å²) in [6.07, 6.45) is 5.47. The first-order valence-electron chi connectivity index (χ1n) is 10.7. The Bertz CT molecular complexity index is 1630. The summed E-state index contributed by atoms with van der Waals surface area (Å²) in [6, 6.07) is 9.32. The minimum atomic E-state index is -4.12. The summed E-state index contributed by atoms with van der Waals surface area (Å²) in [5, 5.41) is 10.2. The Kier molecular flexibility index (Phi) is 5.13. The Labute approximate surface area is 193 Å². The molecule has 172 valence electrons. The molecule has 1 fully saturated rings. The molecule has 1 aliphatic rings. The van der Waals surface area contributed by atoms with Crippen LogP contribution in [0.25, 0.3) is 21.8 Å². The summed E-state index contributed by atoms with van der Waals surface area (Å²) < 4.78 is 29.0. The lowest BCUT2D eigenvalue weighted by Crippen LogP contribution is -2.33. The van der Waals surface area contributed by atoms with E-state index in [4.69, 9.17) is 11.6 Å². The van der Waals surface area contributed by atoms with Crippen LogP contribution in [0.5, 0.6) is 0 Å². The van der Waals surface area contributed by atoms with Crippen molar-refractivity contribution in [3.8, 4) is 0 Å². The molecule has 0 spiro atoms. The molecule has 2 aromatic heterocycles. The average Bonchev–Trinajstić information content (AvgIpc) is 3.16. The number of fused-ring (bicyclic) bond motifs is 2. The fourth-order valence-electron chi connectivity index (χ4n) is 4.75. The average molecular weight is 488 g/mol. The van der Waals surface area contributed by atoms with Crippen LogP contribution in [-0.4, -0.2) is 27.9 Å². The van der Waals surface area contributed by atoms with E-state index in [1.807, 2.05) is 12.3 Å². The molecular weight excluding hydrogens is 466 g/mol. The van der Waals surface area contributed by atoms with Gasteiger partial charge < -0.3 is 14.8 Å². The van der Waals surface area contributed by atoms with E-state index in [1.165, 1.54) is 31.0 Å². The number of rotatable bonds is 5. The largest absolute Gasteiger partial charge is 0.421 e. The Hall–Kier alpha value is -3.04. The fourth-order valence-corrected chi connectivity index (χ4v) is 6.43.